The summed E-state index contributed by atoms with van der Waals surface area (Å²) in [6.45, 7) is 2.49. The van der Waals surface area contributed by atoms with Crippen LogP contribution in [-0.4, -0.2) is 24.0 Å². The van der Waals surface area contributed by atoms with Gasteiger partial charge >= 0.3 is 0 Å². The normalized spacial score (nSPS) is 9.89. The molecule has 1 heterocycles. The minimum Gasteiger partial charge on any atom is -0.367 e. The van der Waals surface area contributed by atoms with Crippen molar-refractivity contribution in [1.82, 2.24) is 10.3 Å². The fraction of sp³-hybridized carbons (Fsp3) is 0.214. The summed E-state index contributed by atoms with van der Waals surface area (Å²) in [7, 11) is 0. The molecule has 1 aromatic heterocycles. The third-order valence-electron chi connectivity index (χ3n) is 2.64. The molecule has 1 aromatic carbocycles. The van der Waals surface area contributed by atoms with Crippen LogP contribution in [0.15, 0.2) is 30.3 Å². The number of hydrogen-bond acceptors (Lipinski definition) is 4. The lowest BCUT2D eigenvalue weighted by atomic mass is 10.1. The smallest absolute Gasteiger partial charge is 0.216 e. The topological polar surface area (TPSA) is 77.8 Å². The first-order valence-electron chi connectivity index (χ1n) is 5.99. The van der Waals surface area contributed by atoms with Crippen molar-refractivity contribution in [2.24, 2.45) is 0 Å². The lowest BCUT2D eigenvalue weighted by Crippen LogP contribution is -2.26. The summed E-state index contributed by atoms with van der Waals surface area (Å²) in [4.78, 5) is 15.2. The molecule has 96 valence electrons. The molecule has 0 unspecified atom stereocenters. The number of nitrogens with one attached hydrogen (secondary N) is 2. The molecule has 0 saturated heterocycles. The molecule has 5 nitrogen and oxygen atoms in total. The molecular weight excluding hydrogens is 240 g/mol. The summed E-state index contributed by atoms with van der Waals surface area (Å²) < 4.78 is 0. The van der Waals surface area contributed by atoms with Crippen molar-refractivity contribution >= 4 is 22.6 Å². The predicted molar refractivity (Wildman–Crippen MR) is 73.6 cm³/mol. The summed E-state index contributed by atoms with van der Waals surface area (Å²) in [5.74, 6) is 0.473. The molecule has 0 bridgehead atoms. The second kappa shape index (κ2) is 5.83. The van der Waals surface area contributed by atoms with Crippen LogP contribution >= 0.6 is 0 Å². The van der Waals surface area contributed by atoms with Crippen molar-refractivity contribution in [3.8, 4) is 6.07 Å². The van der Waals surface area contributed by atoms with Crippen molar-refractivity contribution in [3.05, 3.63) is 35.9 Å². The van der Waals surface area contributed by atoms with Crippen molar-refractivity contribution in [1.29, 1.82) is 5.26 Å². The first kappa shape index (κ1) is 12.8. The largest absolute Gasteiger partial charge is 0.367 e. The molecule has 1 amide bonds. The van der Waals surface area contributed by atoms with E-state index in [1.807, 2.05) is 30.3 Å². The van der Waals surface area contributed by atoms with Crippen molar-refractivity contribution < 1.29 is 4.79 Å². The van der Waals surface area contributed by atoms with Gasteiger partial charge in [0.15, 0.2) is 0 Å². The second-order valence-electron chi connectivity index (χ2n) is 4.10. The lowest BCUT2D eigenvalue weighted by molar-refractivity contribution is -0.118. The summed E-state index contributed by atoms with van der Waals surface area (Å²) in [5, 5.41) is 15.8. The molecular formula is C14H14N4O. The average Bonchev–Trinajstić information content (AvgIpc) is 2.42. The third kappa shape index (κ3) is 3.19. The van der Waals surface area contributed by atoms with Crippen molar-refractivity contribution in [2.75, 3.05) is 18.4 Å². The Kier molecular flexibility index (Phi) is 3.94. The van der Waals surface area contributed by atoms with Gasteiger partial charge in [-0.1, -0.05) is 18.2 Å². The SMILES string of the molecule is CC(=O)NCCNc1nc2ccccc2cc1C#N. The number of anilines is 1. The molecule has 0 aliphatic carbocycles. The Morgan fingerprint density at radius 3 is 2.89 bits per heavy atom. The molecule has 0 aliphatic heterocycles. The van der Waals surface area contributed by atoms with Crippen LogP contribution in [0, 0.1) is 11.3 Å². The van der Waals surface area contributed by atoms with Crippen molar-refractivity contribution in [3.63, 3.8) is 0 Å². The van der Waals surface area contributed by atoms with E-state index in [1.54, 1.807) is 0 Å². The van der Waals surface area contributed by atoms with E-state index in [2.05, 4.69) is 21.7 Å². The van der Waals surface area contributed by atoms with E-state index in [-0.39, 0.29) is 5.91 Å². The van der Waals surface area contributed by atoms with E-state index in [0.717, 1.165) is 10.9 Å². The van der Waals surface area contributed by atoms with Crippen LogP contribution in [0.3, 0.4) is 0 Å². The molecule has 2 rings (SSSR count). The molecule has 5 heteroatoms. The van der Waals surface area contributed by atoms with Gasteiger partial charge in [-0.25, -0.2) is 4.98 Å². The monoisotopic (exact) mass is 254 g/mol. The number of carbonyl (C=O) groups excluding carboxylic acids is 1. The van der Waals surface area contributed by atoms with Crippen LogP contribution in [0.4, 0.5) is 5.82 Å². The highest BCUT2D eigenvalue weighted by molar-refractivity contribution is 5.82. The van der Waals surface area contributed by atoms with E-state index in [1.165, 1.54) is 6.92 Å². The summed E-state index contributed by atoms with van der Waals surface area (Å²) in [6, 6.07) is 11.6. The molecule has 0 aliphatic rings. The zero-order valence-electron chi connectivity index (χ0n) is 10.6. The average molecular weight is 254 g/mol. The fourth-order valence-corrected chi connectivity index (χ4v) is 1.76. The van der Waals surface area contributed by atoms with E-state index in [9.17, 15) is 4.79 Å². The Balaban J connectivity index is 2.17. The minimum absolute atomic E-state index is 0.0752. The molecule has 0 atom stereocenters. The van der Waals surface area contributed by atoms with Gasteiger partial charge in [0.25, 0.3) is 0 Å². The maximum atomic E-state index is 10.7. The molecule has 2 aromatic rings. The second-order valence-corrected chi connectivity index (χ2v) is 4.10. The summed E-state index contributed by atoms with van der Waals surface area (Å²) >= 11 is 0. The number of benzene rings is 1. The minimum atomic E-state index is -0.0752. The van der Waals surface area contributed by atoms with Gasteiger partial charge in [-0.05, 0) is 12.1 Å². The maximum absolute atomic E-state index is 10.7. The number of rotatable bonds is 4. The Labute approximate surface area is 111 Å². The molecule has 19 heavy (non-hydrogen) atoms. The van der Waals surface area contributed by atoms with E-state index < -0.39 is 0 Å². The number of fused-ring (bicyclic) bond motifs is 1. The predicted octanol–water partition coefficient (Wildman–Crippen LogP) is 1.65. The molecule has 0 radical (unpaired) electrons. The number of amides is 1. The maximum Gasteiger partial charge on any atom is 0.216 e. The number of pyridine rings is 1. The number of nitrogens with zero attached hydrogens (tertiary/aromatic N) is 2. The third-order valence-corrected chi connectivity index (χ3v) is 2.64. The Morgan fingerprint density at radius 1 is 1.37 bits per heavy atom. The quantitative estimate of drug-likeness (QED) is 0.813. The molecule has 2 N–H and O–H groups in total. The van der Waals surface area contributed by atoms with E-state index in [0.29, 0.717) is 24.5 Å². The number of carbonyl (C=O) groups is 1. The molecule has 0 fully saturated rings. The van der Waals surface area contributed by atoms with Gasteiger partial charge in [0.2, 0.25) is 5.91 Å². The standard InChI is InChI=1S/C14H14N4O/c1-10(19)16-6-7-17-14-12(9-15)8-11-4-2-3-5-13(11)18-14/h2-5,8H,6-7H2,1H3,(H,16,19)(H,17,18). The van der Waals surface area contributed by atoms with Gasteiger partial charge in [0.1, 0.15) is 11.9 Å². The summed E-state index contributed by atoms with van der Waals surface area (Å²) in [5.41, 5.74) is 1.34. The molecule has 0 saturated carbocycles. The van der Waals surface area contributed by atoms with Crippen LogP contribution in [0.25, 0.3) is 10.9 Å². The lowest BCUT2D eigenvalue weighted by Gasteiger charge is -2.09. The van der Waals surface area contributed by atoms with Gasteiger partial charge < -0.3 is 10.6 Å². The summed E-state index contributed by atoms with van der Waals surface area (Å²) in [6.07, 6.45) is 0. The van der Waals surface area contributed by atoms with Gasteiger partial charge in [-0.2, -0.15) is 5.26 Å². The van der Waals surface area contributed by atoms with Gasteiger partial charge in [0.05, 0.1) is 11.1 Å². The van der Waals surface area contributed by atoms with Crippen LogP contribution in [0.2, 0.25) is 0 Å². The van der Waals surface area contributed by atoms with Crippen LogP contribution < -0.4 is 10.6 Å². The fourth-order valence-electron chi connectivity index (χ4n) is 1.76. The van der Waals surface area contributed by atoms with Gasteiger partial charge in [-0.15, -0.1) is 0 Å². The highest BCUT2D eigenvalue weighted by Crippen LogP contribution is 2.19. The number of hydrogen-bond donors (Lipinski definition) is 2. The van der Waals surface area contributed by atoms with Gasteiger partial charge in [-0.3, -0.25) is 4.79 Å². The highest BCUT2D eigenvalue weighted by Gasteiger charge is 2.05. The Bertz CT molecular complexity index is 645. The first-order valence-corrected chi connectivity index (χ1v) is 5.99. The van der Waals surface area contributed by atoms with Crippen LogP contribution in [-0.2, 0) is 4.79 Å². The van der Waals surface area contributed by atoms with Crippen LogP contribution in [0.5, 0.6) is 0 Å². The van der Waals surface area contributed by atoms with Gasteiger partial charge in [0, 0.05) is 25.4 Å². The number of para-hydroxylation sites is 1. The zero-order chi connectivity index (χ0) is 13.7. The zero-order valence-corrected chi connectivity index (χ0v) is 10.6. The Morgan fingerprint density at radius 2 is 2.16 bits per heavy atom. The highest BCUT2D eigenvalue weighted by atomic mass is 16.1. The Hall–Kier alpha value is -2.61. The van der Waals surface area contributed by atoms with E-state index >= 15 is 0 Å². The number of aromatic nitrogens is 1. The van der Waals surface area contributed by atoms with Crippen LogP contribution in [0.1, 0.15) is 12.5 Å². The van der Waals surface area contributed by atoms with Crippen molar-refractivity contribution in [2.45, 2.75) is 6.92 Å². The van der Waals surface area contributed by atoms with E-state index in [4.69, 9.17) is 5.26 Å². The first-order chi connectivity index (χ1) is 9.20. The number of nitriles is 1. The molecule has 0 spiro atoms.